The van der Waals surface area contributed by atoms with Gasteiger partial charge >= 0.3 is 0 Å². The number of aliphatic imine (C=N–C) groups is 1. The molecule has 2 fully saturated rings. The number of anilines is 2. The fourth-order valence-electron chi connectivity index (χ4n) is 4.05. The Kier molecular flexibility index (Phi) is 8.95. The number of hydrogen-bond acceptors (Lipinski definition) is 7. The van der Waals surface area contributed by atoms with Crippen LogP contribution in [0.2, 0.25) is 0 Å². The summed E-state index contributed by atoms with van der Waals surface area (Å²) in [7, 11) is 0. The van der Waals surface area contributed by atoms with Crippen molar-refractivity contribution >= 4 is 23.6 Å². The number of halogens is 1. The van der Waals surface area contributed by atoms with Crippen LogP contribution in [0, 0.1) is 11.7 Å². The largest absolute Gasteiger partial charge is 0.381 e. The Morgan fingerprint density at radius 1 is 1.09 bits per heavy atom. The molecule has 9 heteroatoms. The molecule has 2 N–H and O–H groups in total. The van der Waals surface area contributed by atoms with Gasteiger partial charge < -0.3 is 20.1 Å². The first-order valence-corrected chi connectivity index (χ1v) is 11.9. The second-order valence-corrected chi connectivity index (χ2v) is 8.50. The van der Waals surface area contributed by atoms with Gasteiger partial charge in [-0.2, -0.15) is 0 Å². The molecule has 0 aliphatic carbocycles. The average molecular weight is 470 g/mol. The number of aldehydes is 1. The lowest BCUT2D eigenvalue weighted by Crippen LogP contribution is -2.38. The lowest BCUT2D eigenvalue weighted by atomic mass is 10.0. The standard InChI is InChI=1S/C25H32FN5O3/c26-21-3-1-20(2-4-21)22-5-6-23(25(30-22)28-17-19-7-13-33-14-8-19)29-24(18-32)27-9-10-31-11-15-34-16-12-31/h1-6,18-19H,7-17H2,(H,27,29)(H,28,30). The molecule has 1 aromatic heterocycles. The van der Waals surface area contributed by atoms with Crippen molar-refractivity contribution in [3.8, 4) is 11.3 Å². The highest BCUT2D eigenvalue weighted by Crippen LogP contribution is 2.27. The lowest BCUT2D eigenvalue weighted by Gasteiger charge is -2.25. The number of nitrogens with one attached hydrogen (secondary N) is 2. The van der Waals surface area contributed by atoms with Crippen LogP contribution in [0.4, 0.5) is 15.9 Å². The summed E-state index contributed by atoms with van der Waals surface area (Å²) in [5, 5.41) is 6.59. The van der Waals surface area contributed by atoms with Crippen molar-refractivity contribution < 1.29 is 18.7 Å². The maximum absolute atomic E-state index is 13.4. The number of carbonyl (C=O) groups excluding carboxylic acids is 1. The summed E-state index contributed by atoms with van der Waals surface area (Å²) in [5.74, 6) is 1.10. The van der Waals surface area contributed by atoms with Crippen LogP contribution in [-0.4, -0.2) is 81.2 Å². The molecular formula is C25H32FN5O3. The minimum atomic E-state index is -0.288. The minimum absolute atomic E-state index is 0.263. The van der Waals surface area contributed by atoms with Gasteiger partial charge in [0.25, 0.3) is 0 Å². The van der Waals surface area contributed by atoms with Crippen LogP contribution in [-0.2, 0) is 14.3 Å². The highest BCUT2D eigenvalue weighted by Gasteiger charge is 2.16. The molecule has 0 saturated carbocycles. The fraction of sp³-hybridized carbons (Fsp3) is 0.480. The van der Waals surface area contributed by atoms with Crippen molar-refractivity contribution in [3.05, 3.63) is 42.2 Å². The first-order valence-electron chi connectivity index (χ1n) is 11.9. The average Bonchev–Trinajstić information content (AvgIpc) is 2.89. The van der Waals surface area contributed by atoms with E-state index in [9.17, 15) is 9.18 Å². The highest BCUT2D eigenvalue weighted by atomic mass is 19.1. The number of amidine groups is 1. The number of morpholine rings is 1. The Bertz CT molecular complexity index is 958. The zero-order valence-electron chi connectivity index (χ0n) is 19.3. The molecule has 3 heterocycles. The maximum atomic E-state index is 13.4. The van der Waals surface area contributed by atoms with Crippen LogP contribution < -0.4 is 10.6 Å². The molecule has 0 atom stereocenters. The van der Waals surface area contributed by atoms with E-state index in [0.29, 0.717) is 24.0 Å². The summed E-state index contributed by atoms with van der Waals surface area (Å²) < 4.78 is 24.2. The molecule has 1 aromatic carbocycles. The number of nitrogens with zero attached hydrogens (tertiary/aromatic N) is 3. The molecule has 0 amide bonds. The molecule has 0 unspecified atom stereocenters. The molecule has 2 aliphatic rings. The Balaban J connectivity index is 1.48. The molecule has 2 aliphatic heterocycles. The second kappa shape index (κ2) is 12.5. The third-order valence-corrected chi connectivity index (χ3v) is 6.11. The predicted octanol–water partition coefficient (Wildman–Crippen LogP) is 3.07. The normalized spacial score (nSPS) is 18.0. The second-order valence-electron chi connectivity index (χ2n) is 8.50. The van der Waals surface area contributed by atoms with Crippen LogP contribution in [0.5, 0.6) is 0 Å². The van der Waals surface area contributed by atoms with Crippen molar-refractivity contribution in [2.24, 2.45) is 10.9 Å². The van der Waals surface area contributed by atoms with Gasteiger partial charge in [0.1, 0.15) is 5.82 Å². The first kappa shape index (κ1) is 24.3. The van der Waals surface area contributed by atoms with Crippen LogP contribution in [0.25, 0.3) is 11.3 Å². The van der Waals surface area contributed by atoms with Crippen molar-refractivity contribution in [2.75, 3.05) is 69.8 Å². The zero-order valence-corrected chi connectivity index (χ0v) is 19.3. The van der Waals surface area contributed by atoms with Crippen LogP contribution in [0.1, 0.15) is 12.8 Å². The van der Waals surface area contributed by atoms with E-state index in [0.717, 1.165) is 83.0 Å². The Morgan fingerprint density at radius 2 is 1.82 bits per heavy atom. The van der Waals surface area contributed by atoms with E-state index < -0.39 is 0 Å². The zero-order chi connectivity index (χ0) is 23.6. The molecule has 8 nitrogen and oxygen atoms in total. The van der Waals surface area contributed by atoms with Gasteiger partial charge in [0.2, 0.25) is 0 Å². The third kappa shape index (κ3) is 7.06. The monoisotopic (exact) mass is 469 g/mol. The first-order chi connectivity index (χ1) is 16.7. The number of pyridine rings is 1. The Labute approximate surface area is 199 Å². The van der Waals surface area contributed by atoms with E-state index in [1.807, 2.05) is 12.1 Å². The summed E-state index contributed by atoms with van der Waals surface area (Å²) in [6, 6.07) is 9.98. The van der Waals surface area contributed by atoms with E-state index in [2.05, 4.69) is 20.5 Å². The Morgan fingerprint density at radius 3 is 2.56 bits per heavy atom. The van der Waals surface area contributed by atoms with Gasteiger partial charge in [0, 0.05) is 45.0 Å². The number of ether oxygens (including phenoxy) is 2. The Hall–Kier alpha value is -2.88. The molecule has 4 rings (SSSR count). The quantitative estimate of drug-likeness (QED) is 0.332. The fourth-order valence-corrected chi connectivity index (χ4v) is 4.05. The van der Waals surface area contributed by atoms with Gasteiger partial charge in [-0.3, -0.25) is 14.7 Å². The summed E-state index contributed by atoms with van der Waals surface area (Å²) in [5.41, 5.74) is 2.21. The molecule has 0 radical (unpaired) electrons. The summed E-state index contributed by atoms with van der Waals surface area (Å²) >= 11 is 0. The summed E-state index contributed by atoms with van der Waals surface area (Å²) in [6.07, 6.45) is 2.72. The summed E-state index contributed by atoms with van der Waals surface area (Å²) in [4.78, 5) is 23.2. The maximum Gasteiger partial charge on any atom is 0.185 e. The summed E-state index contributed by atoms with van der Waals surface area (Å²) in [6.45, 7) is 6.82. The SMILES string of the molecule is O=CC(=NCCN1CCOCC1)Nc1ccc(-c2ccc(F)cc2)nc1NCC1CCOCC1. The minimum Gasteiger partial charge on any atom is -0.381 e. The van der Waals surface area contributed by atoms with Gasteiger partial charge in [-0.25, -0.2) is 9.37 Å². The molecule has 0 bridgehead atoms. The highest BCUT2D eigenvalue weighted by molar-refractivity contribution is 6.33. The van der Waals surface area contributed by atoms with Crippen molar-refractivity contribution in [3.63, 3.8) is 0 Å². The number of carbonyl (C=O) groups is 1. The number of rotatable bonds is 9. The van der Waals surface area contributed by atoms with Gasteiger partial charge in [-0.1, -0.05) is 0 Å². The van der Waals surface area contributed by atoms with Crippen molar-refractivity contribution in [1.82, 2.24) is 9.88 Å². The van der Waals surface area contributed by atoms with Gasteiger partial charge in [-0.15, -0.1) is 0 Å². The van der Waals surface area contributed by atoms with Gasteiger partial charge in [-0.05, 0) is 55.2 Å². The van der Waals surface area contributed by atoms with Crippen LogP contribution >= 0.6 is 0 Å². The van der Waals surface area contributed by atoms with Gasteiger partial charge in [0.05, 0.1) is 31.1 Å². The third-order valence-electron chi connectivity index (χ3n) is 6.11. The smallest absolute Gasteiger partial charge is 0.185 e. The molecular weight excluding hydrogens is 437 g/mol. The van der Waals surface area contributed by atoms with Crippen LogP contribution in [0.3, 0.4) is 0 Å². The number of aromatic nitrogens is 1. The number of benzene rings is 1. The van der Waals surface area contributed by atoms with Crippen molar-refractivity contribution in [1.29, 1.82) is 0 Å². The number of hydrogen-bond donors (Lipinski definition) is 2. The van der Waals surface area contributed by atoms with E-state index in [-0.39, 0.29) is 11.7 Å². The van der Waals surface area contributed by atoms with Gasteiger partial charge in [0.15, 0.2) is 17.9 Å². The van der Waals surface area contributed by atoms with Crippen LogP contribution in [0.15, 0.2) is 41.4 Å². The van der Waals surface area contributed by atoms with E-state index in [1.165, 1.54) is 12.1 Å². The van der Waals surface area contributed by atoms with Crippen molar-refractivity contribution in [2.45, 2.75) is 12.8 Å². The molecule has 34 heavy (non-hydrogen) atoms. The van der Waals surface area contributed by atoms with E-state index in [1.54, 1.807) is 12.1 Å². The van der Waals surface area contributed by atoms with E-state index in [4.69, 9.17) is 14.5 Å². The predicted molar refractivity (Wildman–Crippen MR) is 131 cm³/mol. The molecule has 182 valence electrons. The molecule has 2 aromatic rings. The topological polar surface area (TPSA) is 88.1 Å². The molecule has 0 spiro atoms. The molecule has 2 saturated heterocycles. The van der Waals surface area contributed by atoms with E-state index >= 15 is 0 Å². The lowest BCUT2D eigenvalue weighted by molar-refractivity contribution is -0.102.